The van der Waals surface area contributed by atoms with Gasteiger partial charge in [-0.05, 0) is 11.5 Å². The number of hydrogen-bond acceptors (Lipinski definition) is 4. The fourth-order valence-corrected chi connectivity index (χ4v) is 1.30. The molecular formula is C12H18N2O3. The van der Waals surface area contributed by atoms with Crippen molar-refractivity contribution >= 4 is 11.4 Å². The lowest BCUT2D eigenvalue weighted by Crippen LogP contribution is -2.32. The van der Waals surface area contributed by atoms with Gasteiger partial charge in [0.15, 0.2) is 0 Å². The number of hydrogen-bond donors (Lipinski definition) is 2. The molecule has 0 aliphatic heterocycles. The quantitative estimate of drug-likeness (QED) is 0.624. The highest BCUT2D eigenvalue weighted by Gasteiger charge is 2.22. The Bertz CT molecular complexity index is 399. The molecular weight excluding hydrogens is 220 g/mol. The van der Waals surface area contributed by atoms with E-state index in [0.717, 1.165) is 0 Å². The molecule has 0 bridgehead atoms. The zero-order valence-corrected chi connectivity index (χ0v) is 10.3. The Morgan fingerprint density at radius 2 is 2.00 bits per heavy atom. The molecule has 5 nitrogen and oxygen atoms in total. The fraction of sp³-hybridized carbons (Fsp3) is 0.500. The normalized spacial score (nSPS) is 13.2. The first-order valence-electron chi connectivity index (χ1n) is 5.47. The summed E-state index contributed by atoms with van der Waals surface area (Å²) in [5, 5.41) is 23.5. The van der Waals surface area contributed by atoms with Crippen LogP contribution in [0.4, 0.5) is 11.4 Å². The molecule has 0 amide bonds. The van der Waals surface area contributed by atoms with Gasteiger partial charge < -0.3 is 10.4 Å². The maximum atomic E-state index is 10.8. The molecule has 94 valence electrons. The number of aliphatic hydroxyl groups excluding tert-OH is 1. The number of benzene rings is 1. The molecule has 0 aliphatic rings. The molecule has 0 saturated carbocycles. The second kappa shape index (κ2) is 5.14. The lowest BCUT2D eigenvalue weighted by molar-refractivity contribution is -0.384. The first-order chi connectivity index (χ1) is 7.82. The standard InChI is InChI=1S/C12H18N2O3/c1-12(2,3)11(15)8-13-9-6-4-5-7-10(9)14(16)17/h4-7,11,13,15H,8H2,1-3H3. The minimum Gasteiger partial charge on any atom is -0.391 e. The molecule has 0 radical (unpaired) electrons. The number of para-hydroxylation sites is 2. The molecule has 0 heterocycles. The molecule has 1 aromatic rings. The second-order valence-electron chi connectivity index (χ2n) is 5.04. The van der Waals surface area contributed by atoms with Gasteiger partial charge in [0.25, 0.3) is 5.69 Å². The average molecular weight is 238 g/mol. The third kappa shape index (κ3) is 3.71. The summed E-state index contributed by atoms with van der Waals surface area (Å²) in [4.78, 5) is 10.3. The first kappa shape index (κ1) is 13.4. The van der Waals surface area contributed by atoms with Crippen LogP contribution in [-0.4, -0.2) is 22.7 Å². The Labute approximate surface area is 101 Å². The van der Waals surface area contributed by atoms with Crippen LogP contribution in [0.2, 0.25) is 0 Å². The molecule has 1 aromatic carbocycles. The highest BCUT2D eigenvalue weighted by molar-refractivity contribution is 5.61. The van der Waals surface area contributed by atoms with Crippen molar-refractivity contribution in [1.29, 1.82) is 0 Å². The van der Waals surface area contributed by atoms with E-state index in [1.807, 2.05) is 20.8 Å². The van der Waals surface area contributed by atoms with Crippen molar-refractivity contribution in [1.82, 2.24) is 0 Å². The SMILES string of the molecule is CC(C)(C)C(O)CNc1ccccc1[N+](=O)[O-]. The van der Waals surface area contributed by atoms with Crippen LogP contribution in [0.1, 0.15) is 20.8 Å². The summed E-state index contributed by atoms with van der Waals surface area (Å²) in [6.45, 7) is 6.03. The summed E-state index contributed by atoms with van der Waals surface area (Å²) >= 11 is 0. The van der Waals surface area contributed by atoms with Crippen LogP contribution in [0.3, 0.4) is 0 Å². The fourth-order valence-electron chi connectivity index (χ4n) is 1.30. The summed E-state index contributed by atoms with van der Waals surface area (Å²) in [7, 11) is 0. The molecule has 1 atom stereocenters. The number of rotatable bonds is 4. The first-order valence-corrected chi connectivity index (χ1v) is 5.47. The van der Waals surface area contributed by atoms with Crippen molar-refractivity contribution in [3.63, 3.8) is 0 Å². The second-order valence-corrected chi connectivity index (χ2v) is 5.04. The minimum atomic E-state index is -0.567. The van der Waals surface area contributed by atoms with Gasteiger partial charge in [0.05, 0.1) is 11.0 Å². The van der Waals surface area contributed by atoms with E-state index in [1.165, 1.54) is 6.07 Å². The number of nitrogens with one attached hydrogen (secondary N) is 1. The van der Waals surface area contributed by atoms with Gasteiger partial charge in [0, 0.05) is 12.6 Å². The van der Waals surface area contributed by atoms with Crippen LogP contribution in [0.25, 0.3) is 0 Å². The Hall–Kier alpha value is -1.62. The molecule has 2 N–H and O–H groups in total. The van der Waals surface area contributed by atoms with Crippen LogP contribution < -0.4 is 5.32 Å². The Morgan fingerprint density at radius 1 is 1.41 bits per heavy atom. The van der Waals surface area contributed by atoms with Gasteiger partial charge in [0.2, 0.25) is 0 Å². The largest absolute Gasteiger partial charge is 0.391 e. The van der Waals surface area contributed by atoms with E-state index in [4.69, 9.17) is 0 Å². The van der Waals surface area contributed by atoms with Gasteiger partial charge in [-0.2, -0.15) is 0 Å². The van der Waals surface area contributed by atoms with Crippen LogP contribution in [0.5, 0.6) is 0 Å². The Morgan fingerprint density at radius 3 is 2.53 bits per heavy atom. The summed E-state index contributed by atoms with van der Waals surface area (Å²) in [6.07, 6.45) is -0.567. The van der Waals surface area contributed by atoms with Crippen molar-refractivity contribution in [3.8, 4) is 0 Å². The van der Waals surface area contributed by atoms with Gasteiger partial charge in [-0.3, -0.25) is 10.1 Å². The highest BCUT2D eigenvalue weighted by atomic mass is 16.6. The lowest BCUT2D eigenvalue weighted by atomic mass is 9.89. The van der Waals surface area contributed by atoms with E-state index in [9.17, 15) is 15.2 Å². The van der Waals surface area contributed by atoms with E-state index in [0.29, 0.717) is 5.69 Å². The number of aliphatic hydroxyl groups is 1. The van der Waals surface area contributed by atoms with Crippen LogP contribution in [0.15, 0.2) is 24.3 Å². The summed E-state index contributed by atoms with van der Waals surface area (Å²) in [5.74, 6) is 0. The predicted molar refractivity (Wildman–Crippen MR) is 67.0 cm³/mol. The monoisotopic (exact) mass is 238 g/mol. The van der Waals surface area contributed by atoms with Crippen LogP contribution in [-0.2, 0) is 0 Å². The van der Waals surface area contributed by atoms with E-state index in [-0.39, 0.29) is 17.6 Å². The topological polar surface area (TPSA) is 75.4 Å². The zero-order chi connectivity index (χ0) is 13.1. The average Bonchev–Trinajstić information content (AvgIpc) is 2.24. The molecule has 0 aromatic heterocycles. The van der Waals surface area contributed by atoms with E-state index < -0.39 is 11.0 Å². The van der Waals surface area contributed by atoms with Crippen molar-refractivity contribution in [2.24, 2.45) is 5.41 Å². The van der Waals surface area contributed by atoms with Crippen molar-refractivity contribution in [2.45, 2.75) is 26.9 Å². The smallest absolute Gasteiger partial charge is 0.292 e. The zero-order valence-electron chi connectivity index (χ0n) is 10.3. The van der Waals surface area contributed by atoms with Gasteiger partial charge in [-0.15, -0.1) is 0 Å². The maximum absolute atomic E-state index is 10.8. The number of anilines is 1. The number of nitro benzene ring substituents is 1. The van der Waals surface area contributed by atoms with Crippen molar-refractivity contribution in [3.05, 3.63) is 34.4 Å². The van der Waals surface area contributed by atoms with Crippen molar-refractivity contribution in [2.75, 3.05) is 11.9 Å². The predicted octanol–water partition coefficient (Wildman–Crippen LogP) is 2.41. The summed E-state index contributed by atoms with van der Waals surface area (Å²) < 4.78 is 0. The van der Waals surface area contributed by atoms with E-state index >= 15 is 0 Å². The van der Waals surface area contributed by atoms with Gasteiger partial charge in [-0.25, -0.2) is 0 Å². The Balaban J connectivity index is 2.73. The minimum absolute atomic E-state index is 0.0219. The third-order valence-corrected chi connectivity index (χ3v) is 2.59. The van der Waals surface area contributed by atoms with Gasteiger partial charge in [-0.1, -0.05) is 32.9 Å². The summed E-state index contributed by atoms with van der Waals surface area (Å²) in [5.41, 5.74) is 0.200. The molecule has 1 unspecified atom stereocenters. The maximum Gasteiger partial charge on any atom is 0.292 e. The highest BCUT2D eigenvalue weighted by Crippen LogP contribution is 2.25. The van der Waals surface area contributed by atoms with E-state index in [1.54, 1.807) is 18.2 Å². The van der Waals surface area contributed by atoms with Crippen molar-refractivity contribution < 1.29 is 10.0 Å². The number of nitrogens with zero attached hydrogens (tertiary/aromatic N) is 1. The van der Waals surface area contributed by atoms with Crippen LogP contribution in [0, 0.1) is 15.5 Å². The molecule has 5 heteroatoms. The molecule has 0 aliphatic carbocycles. The van der Waals surface area contributed by atoms with Gasteiger partial charge in [0.1, 0.15) is 5.69 Å². The molecule has 0 saturated heterocycles. The molecule has 1 rings (SSSR count). The van der Waals surface area contributed by atoms with Crippen LogP contribution >= 0.6 is 0 Å². The number of nitro groups is 1. The summed E-state index contributed by atoms with van der Waals surface area (Å²) in [6, 6.07) is 6.40. The third-order valence-electron chi connectivity index (χ3n) is 2.59. The van der Waals surface area contributed by atoms with E-state index in [2.05, 4.69) is 5.32 Å². The molecule has 0 spiro atoms. The molecule has 0 fully saturated rings. The van der Waals surface area contributed by atoms with Gasteiger partial charge >= 0.3 is 0 Å². The Kier molecular flexibility index (Phi) is 4.07. The lowest BCUT2D eigenvalue weighted by Gasteiger charge is -2.26. The molecule has 17 heavy (non-hydrogen) atoms.